The van der Waals surface area contributed by atoms with E-state index in [1.807, 2.05) is 50.2 Å². The van der Waals surface area contributed by atoms with Crippen molar-refractivity contribution >= 4 is 33.2 Å². The van der Waals surface area contributed by atoms with Crippen molar-refractivity contribution in [2.24, 2.45) is 0 Å². The summed E-state index contributed by atoms with van der Waals surface area (Å²) in [5.74, 6) is -0.0378. The standard InChI is InChI=1S/C16H17BrN2O/c1-3-19(15-7-5-4-6-14(15)18)16(20)13-10-12(17)9-8-11(13)2/h4-10H,3,18H2,1-2H3. The van der Waals surface area contributed by atoms with E-state index >= 15 is 0 Å². The third kappa shape index (κ3) is 2.85. The van der Waals surface area contributed by atoms with Gasteiger partial charge in [-0.1, -0.05) is 34.1 Å². The number of halogens is 1. The second-order valence-corrected chi connectivity index (χ2v) is 5.48. The van der Waals surface area contributed by atoms with Crippen LogP contribution in [-0.2, 0) is 0 Å². The number of anilines is 2. The summed E-state index contributed by atoms with van der Waals surface area (Å²) in [7, 11) is 0. The highest BCUT2D eigenvalue weighted by Crippen LogP contribution is 2.26. The van der Waals surface area contributed by atoms with Gasteiger partial charge in [-0.15, -0.1) is 0 Å². The second-order valence-electron chi connectivity index (χ2n) is 4.57. The van der Waals surface area contributed by atoms with Gasteiger partial charge in [-0.25, -0.2) is 0 Å². The van der Waals surface area contributed by atoms with Gasteiger partial charge in [0.15, 0.2) is 0 Å². The average Bonchev–Trinajstić information content (AvgIpc) is 2.44. The van der Waals surface area contributed by atoms with Gasteiger partial charge in [-0.3, -0.25) is 4.79 Å². The van der Waals surface area contributed by atoms with E-state index < -0.39 is 0 Å². The first-order chi connectivity index (χ1) is 9.54. The Morgan fingerprint density at radius 3 is 2.60 bits per heavy atom. The summed E-state index contributed by atoms with van der Waals surface area (Å²) >= 11 is 3.41. The van der Waals surface area contributed by atoms with E-state index in [0.29, 0.717) is 17.8 Å². The lowest BCUT2D eigenvalue weighted by molar-refractivity contribution is 0.0988. The molecule has 3 nitrogen and oxygen atoms in total. The summed E-state index contributed by atoms with van der Waals surface area (Å²) in [5.41, 5.74) is 8.97. The molecule has 0 aromatic heterocycles. The molecule has 2 N–H and O–H groups in total. The predicted octanol–water partition coefficient (Wildman–Crippen LogP) is 4.01. The first-order valence-electron chi connectivity index (χ1n) is 6.47. The van der Waals surface area contributed by atoms with Crippen LogP contribution in [0, 0.1) is 6.92 Å². The summed E-state index contributed by atoms with van der Waals surface area (Å²) < 4.78 is 0.892. The molecule has 0 radical (unpaired) electrons. The van der Waals surface area contributed by atoms with Crippen LogP contribution < -0.4 is 10.6 Å². The summed E-state index contributed by atoms with van der Waals surface area (Å²) in [4.78, 5) is 14.4. The van der Waals surface area contributed by atoms with Crippen molar-refractivity contribution in [1.82, 2.24) is 0 Å². The number of carbonyl (C=O) groups excluding carboxylic acids is 1. The Labute approximate surface area is 127 Å². The lowest BCUT2D eigenvalue weighted by Crippen LogP contribution is -2.31. The van der Waals surface area contributed by atoms with Crippen LogP contribution in [0.1, 0.15) is 22.8 Å². The maximum absolute atomic E-state index is 12.8. The summed E-state index contributed by atoms with van der Waals surface area (Å²) in [6, 6.07) is 13.1. The van der Waals surface area contributed by atoms with Gasteiger partial charge in [0.1, 0.15) is 0 Å². The van der Waals surface area contributed by atoms with Gasteiger partial charge in [0.25, 0.3) is 5.91 Å². The van der Waals surface area contributed by atoms with E-state index in [2.05, 4.69) is 15.9 Å². The molecule has 0 heterocycles. The molecule has 0 unspecified atom stereocenters. The summed E-state index contributed by atoms with van der Waals surface area (Å²) in [6.45, 7) is 4.44. The van der Waals surface area contributed by atoms with Crippen molar-refractivity contribution in [3.05, 3.63) is 58.1 Å². The Kier molecular flexibility index (Phi) is 4.45. The number of carbonyl (C=O) groups is 1. The van der Waals surface area contributed by atoms with Gasteiger partial charge in [0.05, 0.1) is 11.4 Å². The molecule has 1 amide bonds. The molecule has 0 saturated carbocycles. The van der Waals surface area contributed by atoms with Crippen LogP contribution in [-0.4, -0.2) is 12.5 Å². The number of hydrogen-bond donors (Lipinski definition) is 1. The SMILES string of the molecule is CCN(C(=O)c1cc(Br)ccc1C)c1ccccc1N. The van der Waals surface area contributed by atoms with Crippen molar-refractivity contribution in [1.29, 1.82) is 0 Å². The lowest BCUT2D eigenvalue weighted by Gasteiger charge is -2.23. The first kappa shape index (κ1) is 14.6. The zero-order chi connectivity index (χ0) is 14.7. The van der Waals surface area contributed by atoms with Gasteiger partial charge in [-0.2, -0.15) is 0 Å². The number of rotatable bonds is 3. The van der Waals surface area contributed by atoms with Gasteiger partial charge >= 0.3 is 0 Å². The number of nitrogen functional groups attached to an aromatic ring is 1. The van der Waals surface area contributed by atoms with Crippen LogP contribution in [0.2, 0.25) is 0 Å². The third-order valence-corrected chi connectivity index (χ3v) is 3.71. The fourth-order valence-electron chi connectivity index (χ4n) is 2.13. The van der Waals surface area contributed by atoms with Crippen LogP contribution in [0.15, 0.2) is 46.9 Å². The van der Waals surface area contributed by atoms with Crippen molar-refractivity contribution < 1.29 is 4.79 Å². The molecule has 2 rings (SSSR count). The van der Waals surface area contributed by atoms with Crippen LogP contribution in [0.4, 0.5) is 11.4 Å². The highest BCUT2D eigenvalue weighted by molar-refractivity contribution is 9.10. The number of hydrogen-bond acceptors (Lipinski definition) is 2. The summed E-state index contributed by atoms with van der Waals surface area (Å²) in [6.07, 6.45) is 0. The zero-order valence-corrected chi connectivity index (χ0v) is 13.1. The topological polar surface area (TPSA) is 46.3 Å². The largest absolute Gasteiger partial charge is 0.397 e. The minimum atomic E-state index is -0.0378. The maximum atomic E-state index is 12.8. The van der Waals surface area contributed by atoms with Crippen molar-refractivity contribution in [2.45, 2.75) is 13.8 Å². The molecule has 0 atom stereocenters. The highest BCUT2D eigenvalue weighted by Gasteiger charge is 2.19. The van der Waals surface area contributed by atoms with E-state index in [1.165, 1.54) is 0 Å². The number of nitrogens with two attached hydrogens (primary N) is 1. The van der Waals surface area contributed by atoms with Gasteiger partial charge in [0, 0.05) is 16.6 Å². The third-order valence-electron chi connectivity index (χ3n) is 3.22. The number of aryl methyl sites for hydroxylation is 1. The normalized spacial score (nSPS) is 10.3. The fraction of sp³-hybridized carbons (Fsp3) is 0.188. The molecule has 0 bridgehead atoms. The molecule has 4 heteroatoms. The van der Waals surface area contributed by atoms with E-state index in [1.54, 1.807) is 11.0 Å². The van der Waals surface area contributed by atoms with Gasteiger partial charge < -0.3 is 10.6 Å². The van der Waals surface area contributed by atoms with E-state index in [-0.39, 0.29) is 5.91 Å². The average molecular weight is 333 g/mol. The molecule has 0 saturated heterocycles. The molecule has 0 aliphatic rings. The van der Waals surface area contributed by atoms with E-state index in [9.17, 15) is 4.79 Å². The van der Waals surface area contributed by atoms with Crippen LogP contribution in [0.3, 0.4) is 0 Å². The Morgan fingerprint density at radius 1 is 1.25 bits per heavy atom. The maximum Gasteiger partial charge on any atom is 0.258 e. The molecule has 0 aliphatic carbocycles. The quantitative estimate of drug-likeness (QED) is 0.863. The zero-order valence-electron chi connectivity index (χ0n) is 11.6. The molecule has 0 aliphatic heterocycles. The fourth-order valence-corrected chi connectivity index (χ4v) is 2.49. The molecule has 0 spiro atoms. The number of para-hydroxylation sites is 2. The first-order valence-corrected chi connectivity index (χ1v) is 7.26. The Hall–Kier alpha value is -1.81. The minimum absolute atomic E-state index is 0.0378. The molecule has 2 aromatic rings. The van der Waals surface area contributed by atoms with Crippen molar-refractivity contribution in [3.63, 3.8) is 0 Å². The highest BCUT2D eigenvalue weighted by atomic mass is 79.9. The summed E-state index contributed by atoms with van der Waals surface area (Å²) in [5, 5.41) is 0. The van der Waals surface area contributed by atoms with Crippen LogP contribution in [0.25, 0.3) is 0 Å². The number of amides is 1. The molecular weight excluding hydrogens is 316 g/mol. The second kappa shape index (κ2) is 6.09. The monoisotopic (exact) mass is 332 g/mol. The molecule has 20 heavy (non-hydrogen) atoms. The minimum Gasteiger partial charge on any atom is -0.397 e. The molecular formula is C16H17BrN2O. The Morgan fingerprint density at radius 2 is 1.95 bits per heavy atom. The van der Waals surface area contributed by atoms with Crippen molar-refractivity contribution in [3.8, 4) is 0 Å². The Balaban J connectivity index is 2.45. The van der Waals surface area contributed by atoms with Gasteiger partial charge in [-0.05, 0) is 43.7 Å². The molecule has 104 valence electrons. The van der Waals surface area contributed by atoms with E-state index in [4.69, 9.17) is 5.73 Å². The smallest absolute Gasteiger partial charge is 0.258 e. The molecule has 0 fully saturated rings. The van der Waals surface area contributed by atoms with Crippen LogP contribution in [0.5, 0.6) is 0 Å². The predicted molar refractivity (Wildman–Crippen MR) is 87.1 cm³/mol. The lowest BCUT2D eigenvalue weighted by atomic mass is 10.1. The van der Waals surface area contributed by atoms with Crippen LogP contribution >= 0.6 is 15.9 Å². The number of nitrogens with zero attached hydrogens (tertiary/aromatic N) is 1. The van der Waals surface area contributed by atoms with Crippen molar-refractivity contribution in [2.75, 3.05) is 17.2 Å². The van der Waals surface area contributed by atoms with E-state index in [0.717, 1.165) is 15.7 Å². The molecule has 2 aromatic carbocycles. The Bertz CT molecular complexity index is 640. The van der Waals surface area contributed by atoms with Gasteiger partial charge in [0.2, 0.25) is 0 Å². The number of benzene rings is 2.